The summed E-state index contributed by atoms with van der Waals surface area (Å²) in [7, 11) is 0. The number of aliphatic hydroxyl groups excluding tert-OH is 1. The molecule has 0 amide bonds. The number of nitrogens with one attached hydrogen (secondary N) is 1. The quantitative estimate of drug-likeness (QED) is 0.875. The Labute approximate surface area is 133 Å². The summed E-state index contributed by atoms with van der Waals surface area (Å²) in [5, 5.41) is 12.9. The van der Waals surface area contributed by atoms with E-state index in [1.807, 2.05) is 0 Å². The lowest BCUT2D eigenvalue weighted by molar-refractivity contribution is 0.122. The van der Waals surface area contributed by atoms with Crippen LogP contribution >= 0.6 is 0 Å². The maximum atomic E-state index is 9.19. The normalized spacial score (nSPS) is 26.1. The summed E-state index contributed by atoms with van der Waals surface area (Å²) in [5.41, 5.74) is 2.65. The number of ether oxygens (including phenoxy) is 1. The molecule has 1 aromatic rings. The van der Waals surface area contributed by atoms with Crippen molar-refractivity contribution >= 4 is 5.69 Å². The summed E-state index contributed by atoms with van der Waals surface area (Å²) >= 11 is 0. The molecule has 1 aliphatic heterocycles. The summed E-state index contributed by atoms with van der Waals surface area (Å²) in [4.78, 5) is 2.39. The van der Waals surface area contributed by atoms with Crippen LogP contribution < -0.4 is 10.2 Å². The van der Waals surface area contributed by atoms with Crippen LogP contribution in [0.25, 0.3) is 0 Å². The Morgan fingerprint density at radius 1 is 1.05 bits per heavy atom. The number of hydrogen-bond donors (Lipinski definition) is 2. The van der Waals surface area contributed by atoms with Gasteiger partial charge in [0.2, 0.25) is 0 Å². The van der Waals surface area contributed by atoms with Gasteiger partial charge in [-0.25, -0.2) is 0 Å². The predicted molar refractivity (Wildman–Crippen MR) is 89.1 cm³/mol. The number of hydrogen-bond acceptors (Lipinski definition) is 4. The molecule has 1 aromatic carbocycles. The number of nitrogens with zero attached hydrogens (tertiary/aromatic N) is 1. The molecule has 0 unspecified atom stereocenters. The van der Waals surface area contributed by atoms with Crippen LogP contribution in [-0.2, 0) is 11.3 Å². The van der Waals surface area contributed by atoms with Gasteiger partial charge in [0.25, 0.3) is 0 Å². The van der Waals surface area contributed by atoms with E-state index in [2.05, 4.69) is 34.5 Å². The Kier molecular flexibility index (Phi) is 5.70. The van der Waals surface area contributed by atoms with Crippen LogP contribution in [0.1, 0.15) is 31.2 Å². The molecule has 0 radical (unpaired) electrons. The summed E-state index contributed by atoms with van der Waals surface area (Å²) < 4.78 is 5.40. The third-order valence-electron chi connectivity index (χ3n) is 5.01. The van der Waals surface area contributed by atoms with Crippen LogP contribution in [0.4, 0.5) is 5.69 Å². The molecular formula is C18H28N2O2. The van der Waals surface area contributed by atoms with Crippen molar-refractivity contribution in [2.75, 3.05) is 37.8 Å². The van der Waals surface area contributed by atoms with Gasteiger partial charge < -0.3 is 20.1 Å². The van der Waals surface area contributed by atoms with Crippen molar-refractivity contribution < 1.29 is 9.84 Å². The molecule has 1 saturated carbocycles. The van der Waals surface area contributed by atoms with Gasteiger partial charge in [-0.05, 0) is 49.3 Å². The largest absolute Gasteiger partial charge is 0.396 e. The Bertz CT molecular complexity index is 435. The van der Waals surface area contributed by atoms with Gasteiger partial charge in [-0.3, -0.25) is 0 Å². The van der Waals surface area contributed by atoms with Gasteiger partial charge in [-0.2, -0.15) is 0 Å². The van der Waals surface area contributed by atoms with Crippen molar-refractivity contribution in [3.05, 3.63) is 29.8 Å². The molecule has 0 bridgehead atoms. The van der Waals surface area contributed by atoms with Gasteiger partial charge in [0.15, 0.2) is 0 Å². The molecule has 0 spiro atoms. The van der Waals surface area contributed by atoms with E-state index in [9.17, 15) is 5.11 Å². The first-order valence-corrected chi connectivity index (χ1v) is 8.61. The van der Waals surface area contributed by atoms with Crippen LogP contribution in [0.3, 0.4) is 0 Å². The molecule has 0 aromatic heterocycles. The van der Waals surface area contributed by atoms with Gasteiger partial charge >= 0.3 is 0 Å². The zero-order valence-electron chi connectivity index (χ0n) is 13.3. The highest BCUT2D eigenvalue weighted by atomic mass is 16.5. The van der Waals surface area contributed by atoms with E-state index in [4.69, 9.17) is 4.74 Å². The van der Waals surface area contributed by atoms with Crippen LogP contribution in [-0.4, -0.2) is 44.1 Å². The second kappa shape index (κ2) is 7.95. The maximum Gasteiger partial charge on any atom is 0.0642 e. The predicted octanol–water partition coefficient (Wildman–Crippen LogP) is 2.16. The van der Waals surface area contributed by atoms with Crippen LogP contribution in [0.5, 0.6) is 0 Å². The highest BCUT2D eigenvalue weighted by Crippen LogP contribution is 2.24. The summed E-state index contributed by atoms with van der Waals surface area (Å²) in [5.74, 6) is 0.533. The minimum atomic E-state index is 0.357. The van der Waals surface area contributed by atoms with Crippen molar-refractivity contribution in [3.8, 4) is 0 Å². The molecule has 4 heteroatoms. The summed E-state index contributed by atoms with van der Waals surface area (Å²) in [6, 6.07) is 9.53. The van der Waals surface area contributed by atoms with Crippen molar-refractivity contribution in [3.63, 3.8) is 0 Å². The summed E-state index contributed by atoms with van der Waals surface area (Å²) in [6.45, 7) is 4.95. The number of benzene rings is 1. The van der Waals surface area contributed by atoms with Crippen LogP contribution in [0.15, 0.2) is 24.3 Å². The molecule has 2 aliphatic rings. The molecule has 1 aliphatic carbocycles. The third-order valence-corrected chi connectivity index (χ3v) is 5.01. The fourth-order valence-electron chi connectivity index (χ4n) is 3.46. The fraction of sp³-hybridized carbons (Fsp3) is 0.667. The van der Waals surface area contributed by atoms with Crippen LogP contribution in [0, 0.1) is 5.92 Å². The number of aliphatic hydroxyl groups is 1. The molecule has 1 saturated heterocycles. The van der Waals surface area contributed by atoms with Crippen LogP contribution in [0.2, 0.25) is 0 Å². The first kappa shape index (κ1) is 15.8. The topological polar surface area (TPSA) is 44.7 Å². The minimum Gasteiger partial charge on any atom is -0.396 e. The van der Waals surface area contributed by atoms with Gasteiger partial charge in [-0.15, -0.1) is 0 Å². The molecule has 2 N–H and O–H groups in total. The molecule has 22 heavy (non-hydrogen) atoms. The van der Waals surface area contributed by atoms with E-state index in [-0.39, 0.29) is 0 Å². The zero-order chi connectivity index (χ0) is 15.2. The standard InChI is InChI=1S/C18H28N2O2/c21-14-16-1-5-17(6-2-16)19-13-15-3-7-18(8-4-15)20-9-11-22-12-10-20/h3-4,7-8,16-17,19,21H,1-2,5-6,9-14H2. The van der Waals surface area contributed by atoms with E-state index in [1.165, 1.54) is 24.1 Å². The van der Waals surface area contributed by atoms with Crippen molar-refractivity contribution in [1.82, 2.24) is 5.32 Å². The van der Waals surface area contributed by atoms with Gasteiger partial charge in [-0.1, -0.05) is 12.1 Å². The molecule has 1 heterocycles. The number of anilines is 1. The lowest BCUT2D eigenvalue weighted by atomic mass is 9.86. The highest BCUT2D eigenvalue weighted by molar-refractivity contribution is 5.47. The second-order valence-electron chi connectivity index (χ2n) is 6.55. The fourth-order valence-corrected chi connectivity index (χ4v) is 3.46. The van der Waals surface area contributed by atoms with E-state index in [1.54, 1.807) is 0 Å². The monoisotopic (exact) mass is 304 g/mol. The lowest BCUT2D eigenvalue weighted by Crippen LogP contribution is -2.36. The Morgan fingerprint density at radius 2 is 1.73 bits per heavy atom. The number of morpholine rings is 1. The highest BCUT2D eigenvalue weighted by Gasteiger charge is 2.20. The smallest absolute Gasteiger partial charge is 0.0642 e. The van der Waals surface area contributed by atoms with E-state index >= 15 is 0 Å². The van der Waals surface area contributed by atoms with Gasteiger partial charge in [0, 0.05) is 38.0 Å². The number of rotatable bonds is 5. The summed E-state index contributed by atoms with van der Waals surface area (Å²) in [6.07, 6.45) is 4.70. The first-order valence-electron chi connectivity index (χ1n) is 8.61. The first-order chi connectivity index (χ1) is 10.8. The Hall–Kier alpha value is -1.10. The molecule has 122 valence electrons. The van der Waals surface area contributed by atoms with Crippen molar-refractivity contribution in [2.45, 2.75) is 38.3 Å². The average Bonchev–Trinajstić information content (AvgIpc) is 2.61. The molecule has 3 rings (SSSR count). The average molecular weight is 304 g/mol. The van der Waals surface area contributed by atoms with E-state index in [0.29, 0.717) is 18.6 Å². The SMILES string of the molecule is OCC1CCC(NCc2ccc(N3CCOCC3)cc2)CC1. The van der Waals surface area contributed by atoms with Gasteiger partial charge in [0.05, 0.1) is 13.2 Å². The maximum absolute atomic E-state index is 9.19. The Balaban J connectivity index is 1.45. The molecule has 4 nitrogen and oxygen atoms in total. The zero-order valence-corrected chi connectivity index (χ0v) is 13.3. The minimum absolute atomic E-state index is 0.357. The molecular weight excluding hydrogens is 276 g/mol. The molecule has 0 atom stereocenters. The van der Waals surface area contributed by atoms with E-state index < -0.39 is 0 Å². The molecule has 2 fully saturated rings. The lowest BCUT2D eigenvalue weighted by Gasteiger charge is -2.29. The second-order valence-corrected chi connectivity index (χ2v) is 6.55. The van der Waals surface area contributed by atoms with E-state index in [0.717, 1.165) is 45.7 Å². The third kappa shape index (κ3) is 4.22. The van der Waals surface area contributed by atoms with Gasteiger partial charge in [0.1, 0.15) is 0 Å². The van der Waals surface area contributed by atoms with Crippen molar-refractivity contribution in [2.24, 2.45) is 5.92 Å². The Morgan fingerprint density at radius 3 is 2.36 bits per heavy atom. The van der Waals surface area contributed by atoms with Crippen molar-refractivity contribution in [1.29, 1.82) is 0 Å².